The van der Waals surface area contributed by atoms with Crippen molar-refractivity contribution in [2.75, 3.05) is 19.5 Å². The lowest BCUT2D eigenvalue weighted by Gasteiger charge is -2.20. The first-order chi connectivity index (χ1) is 19.1. The number of benzene rings is 4. The number of methoxy groups -OCH3 is 2. The third-order valence-electron chi connectivity index (χ3n) is 6.34. The number of amides is 1. The predicted octanol–water partition coefficient (Wildman–Crippen LogP) is 7.66. The van der Waals surface area contributed by atoms with Gasteiger partial charge in [0.1, 0.15) is 11.9 Å². The van der Waals surface area contributed by atoms with Crippen LogP contribution in [0.1, 0.15) is 29.9 Å². The highest BCUT2D eigenvalue weighted by Crippen LogP contribution is 2.36. The molecule has 0 radical (unpaired) electrons. The highest BCUT2D eigenvalue weighted by molar-refractivity contribution is 6.04. The Kier molecular flexibility index (Phi) is 7.64. The fourth-order valence-electron chi connectivity index (χ4n) is 4.39. The van der Waals surface area contributed by atoms with Crippen molar-refractivity contribution in [2.24, 2.45) is 0 Å². The van der Waals surface area contributed by atoms with E-state index in [0.717, 1.165) is 16.5 Å². The van der Waals surface area contributed by atoms with E-state index in [1.54, 1.807) is 32.4 Å². The van der Waals surface area contributed by atoms with Gasteiger partial charge in [-0.1, -0.05) is 72.8 Å². The van der Waals surface area contributed by atoms with Gasteiger partial charge in [0.2, 0.25) is 5.91 Å². The van der Waals surface area contributed by atoms with Crippen molar-refractivity contribution in [1.82, 2.24) is 0 Å². The monoisotopic (exact) mass is 519 g/mol. The molecule has 0 fully saturated rings. The molecular weight excluding hydrogens is 490 g/mol. The summed E-state index contributed by atoms with van der Waals surface area (Å²) in [6, 6.07) is 33.1. The summed E-state index contributed by atoms with van der Waals surface area (Å²) in [6.07, 6.45) is 1.20. The maximum Gasteiger partial charge on any atom is 0.248 e. The molecule has 0 unspecified atom stereocenters. The van der Waals surface area contributed by atoms with E-state index >= 15 is 0 Å². The minimum absolute atomic E-state index is 0.287. The Hall–Kier alpha value is -4.97. The number of anilines is 1. The Morgan fingerprint density at radius 2 is 1.44 bits per heavy atom. The van der Waals surface area contributed by atoms with Gasteiger partial charge >= 0.3 is 0 Å². The van der Waals surface area contributed by atoms with E-state index in [4.69, 9.17) is 18.6 Å². The highest BCUT2D eigenvalue weighted by Gasteiger charge is 2.19. The number of nitrogens with one attached hydrogen (secondary N) is 1. The molecule has 0 aliphatic carbocycles. The second-order valence-corrected chi connectivity index (χ2v) is 8.99. The van der Waals surface area contributed by atoms with Crippen LogP contribution in [-0.2, 0) is 4.79 Å². The number of furan rings is 1. The smallest absolute Gasteiger partial charge is 0.248 e. The highest BCUT2D eigenvalue weighted by atomic mass is 16.5. The number of carbonyl (C=O) groups excluding carboxylic acids is 1. The molecule has 5 rings (SSSR count). The van der Waals surface area contributed by atoms with Crippen LogP contribution in [0.4, 0.5) is 5.69 Å². The number of ether oxygens (including phenoxy) is 3. The standard InChI is InChI=1S/C33H29NO5/c1-22(19-31(35)34-26-17-18-27(36-2)30(21-26)37-3)29-20-25-15-10-16-28(33(25)39-29)38-32(23-11-6-4-7-12-23)24-13-8-5-9-14-24/h4-21,32H,1-3H3,(H,34,35). The van der Waals surface area contributed by atoms with Crippen molar-refractivity contribution in [2.45, 2.75) is 13.0 Å². The third kappa shape index (κ3) is 5.80. The maximum absolute atomic E-state index is 12.8. The molecule has 1 N–H and O–H groups in total. The fraction of sp³-hybridized carbons (Fsp3) is 0.121. The Balaban J connectivity index is 1.40. The molecule has 0 bridgehead atoms. The van der Waals surface area contributed by atoms with Gasteiger partial charge < -0.3 is 23.9 Å². The van der Waals surface area contributed by atoms with E-state index < -0.39 is 0 Å². The van der Waals surface area contributed by atoms with Gasteiger partial charge in [0.15, 0.2) is 22.8 Å². The van der Waals surface area contributed by atoms with Gasteiger partial charge in [-0.2, -0.15) is 0 Å². The third-order valence-corrected chi connectivity index (χ3v) is 6.34. The van der Waals surface area contributed by atoms with Crippen LogP contribution in [0, 0.1) is 0 Å². The van der Waals surface area contributed by atoms with Crippen LogP contribution >= 0.6 is 0 Å². The minimum atomic E-state index is -0.310. The zero-order valence-electron chi connectivity index (χ0n) is 22.0. The van der Waals surface area contributed by atoms with Gasteiger partial charge in [-0.15, -0.1) is 0 Å². The van der Waals surface area contributed by atoms with Crippen LogP contribution in [0.2, 0.25) is 0 Å². The maximum atomic E-state index is 12.8. The first kappa shape index (κ1) is 25.7. The molecule has 6 nitrogen and oxygen atoms in total. The second kappa shape index (κ2) is 11.6. The van der Waals surface area contributed by atoms with Crippen molar-refractivity contribution in [3.63, 3.8) is 0 Å². The van der Waals surface area contributed by atoms with E-state index in [2.05, 4.69) is 29.6 Å². The molecule has 196 valence electrons. The van der Waals surface area contributed by atoms with Gasteiger partial charge in [-0.3, -0.25) is 4.79 Å². The lowest BCUT2D eigenvalue weighted by atomic mass is 10.0. The Bertz CT molecular complexity index is 1570. The molecule has 6 heteroatoms. The molecule has 1 heterocycles. The van der Waals surface area contributed by atoms with Crippen LogP contribution in [0.5, 0.6) is 17.2 Å². The lowest BCUT2D eigenvalue weighted by molar-refractivity contribution is -0.111. The Morgan fingerprint density at radius 3 is 2.08 bits per heavy atom. The van der Waals surface area contributed by atoms with E-state index in [1.807, 2.05) is 67.6 Å². The zero-order valence-corrected chi connectivity index (χ0v) is 22.0. The van der Waals surface area contributed by atoms with Gasteiger partial charge in [-0.25, -0.2) is 0 Å². The summed E-state index contributed by atoms with van der Waals surface area (Å²) in [5.74, 6) is 2.04. The van der Waals surface area contributed by atoms with Crippen LogP contribution in [-0.4, -0.2) is 20.1 Å². The van der Waals surface area contributed by atoms with E-state index in [9.17, 15) is 4.79 Å². The van der Waals surface area contributed by atoms with Gasteiger partial charge in [-0.05, 0) is 47.9 Å². The first-order valence-electron chi connectivity index (χ1n) is 12.6. The van der Waals surface area contributed by atoms with Crippen molar-refractivity contribution < 1.29 is 23.4 Å². The lowest BCUT2D eigenvalue weighted by Crippen LogP contribution is -2.09. The molecule has 0 atom stereocenters. The summed E-state index contributed by atoms with van der Waals surface area (Å²) in [5, 5.41) is 3.74. The molecule has 0 spiro atoms. The first-order valence-corrected chi connectivity index (χ1v) is 12.6. The molecule has 5 aromatic rings. The number of rotatable bonds is 9. The number of allylic oxidation sites excluding steroid dienone is 1. The molecule has 1 amide bonds. The second-order valence-electron chi connectivity index (χ2n) is 8.99. The number of hydrogen-bond donors (Lipinski definition) is 1. The summed E-state index contributed by atoms with van der Waals surface area (Å²) in [7, 11) is 3.12. The summed E-state index contributed by atoms with van der Waals surface area (Å²) < 4.78 is 23.4. The van der Waals surface area contributed by atoms with Crippen molar-refractivity contribution in [3.8, 4) is 17.2 Å². The average molecular weight is 520 g/mol. The number of para-hydroxylation sites is 1. The molecular formula is C33H29NO5. The van der Waals surface area contributed by atoms with E-state index in [0.29, 0.717) is 39.9 Å². The SMILES string of the molecule is COc1ccc(NC(=O)C=C(C)c2cc3cccc(OC(c4ccccc4)c4ccccc4)c3o2)cc1OC. The van der Waals surface area contributed by atoms with Crippen LogP contribution in [0.25, 0.3) is 16.5 Å². The number of fused-ring (bicyclic) bond motifs is 1. The summed E-state index contributed by atoms with van der Waals surface area (Å²) in [6.45, 7) is 1.84. The molecule has 0 saturated heterocycles. The quantitative estimate of drug-likeness (QED) is 0.203. The topological polar surface area (TPSA) is 69.9 Å². The average Bonchev–Trinajstić information content (AvgIpc) is 3.42. The zero-order chi connectivity index (χ0) is 27.2. The molecule has 0 aliphatic heterocycles. The predicted molar refractivity (Wildman–Crippen MR) is 153 cm³/mol. The largest absolute Gasteiger partial charge is 0.493 e. The summed E-state index contributed by atoms with van der Waals surface area (Å²) >= 11 is 0. The van der Waals surface area contributed by atoms with Crippen LogP contribution in [0.3, 0.4) is 0 Å². The molecule has 1 aromatic heterocycles. The number of carbonyl (C=O) groups is 1. The Morgan fingerprint density at radius 1 is 0.769 bits per heavy atom. The summed E-state index contributed by atoms with van der Waals surface area (Å²) in [4.78, 5) is 12.8. The van der Waals surface area contributed by atoms with Crippen LogP contribution < -0.4 is 19.5 Å². The normalized spacial score (nSPS) is 11.4. The fourth-order valence-corrected chi connectivity index (χ4v) is 4.39. The van der Waals surface area contributed by atoms with Crippen molar-refractivity contribution in [1.29, 1.82) is 0 Å². The van der Waals surface area contributed by atoms with Crippen molar-refractivity contribution in [3.05, 3.63) is 126 Å². The minimum Gasteiger partial charge on any atom is -0.493 e. The van der Waals surface area contributed by atoms with Crippen molar-refractivity contribution >= 4 is 28.1 Å². The van der Waals surface area contributed by atoms with Gasteiger partial charge in [0.25, 0.3) is 0 Å². The van der Waals surface area contributed by atoms with Gasteiger partial charge in [0.05, 0.1) is 14.2 Å². The Labute approximate surface area is 227 Å². The van der Waals surface area contributed by atoms with E-state index in [-0.39, 0.29) is 12.0 Å². The molecule has 39 heavy (non-hydrogen) atoms. The summed E-state index contributed by atoms with van der Waals surface area (Å²) in [5.41, 5.74) is 3.97. The van der Waals surface area contributed by atoms with Crippen LogP contribution in [0.15, 0.2) is 114 Å². The number of hydrogen-bond acceptors (Lipinski definition) is 5. The molecule has 0 aliphatic rings. The van der Waals surface area contributed by atoms with E-state index in [1.165, 1.54) is 6.08 Å². The molecule has 4 aromatic carbocycles. The van der Waals surface area contributed by atoms with Gasteiger partial charge in [0, 0.05) is 23.2 Å². The molecule has 0 saturated carbocycles.